The molecular weight excluding hydrogens is 1230 g/mol. The maximum Gasteiger partial charge on any atom is 0.0540 e. The average Bonchev–Trinajstić information content (AvgIpc) is 1.55. The predicted molar refractivity (Wildman–Crippen MR) is 436 cm³/mol. The van der Waals surface area contributed by atoms with Gasteiger partial charge in [0.05, 0.1) is 11.4 Å². The summed E-state index contributed by atoms with van der Waals surface area (Å²) in [5.74, 6) is 0. The van der Waals surface area contributed by atoms with Crippen molar-refractivity contribution < 1.29 is 0 Å². The predicted octanol–water partition coefficient (Wildman–Crippen LogP) is 27.7. The first kappa shape index (κ1) is 65.3. The highest BCUT2D eigenvalue weighted by Gasteiger charge is 2.46. The van der Waals surface area contributed by atoms with E-state index in [4.69, 9.17) is 0 Å². The Labute approximate surface area is 604 Å². The van der Waals surface area contributed by atoms with E-state index in [2.05, 4.69) is 351 Å². The molecule has 0 N–H and O–H groups in total. The Morgan fingerprint density at radius 3 is 1.03 bits per heavy atom. The normalized spacial score (nSPS) is 14.8. The molecule has 2 nitrogen and oxygen atoms in total. The Hall–Kier alpha value is -11.3. The maximum atomic E-state index is 3.95. The van der Waals surface area contributed by atoms with Crippen molar-refractivity contribution in [2.45, 2.75) is 101 Å². The van der Waals surface area contributed by atoms with Crippen LogP contribution >= 0.6 is 0 Å². The summed E-state index contributed by atoms with van der Waals surface area (Å²) in [6.07, 6.45) is 20.1. The van der Waals surface area contributed by atoms with Crippen molar-refractivity contribution in [3.05, 3.63) is 396 Å². The van der Waals surface area contributed by atoms with Gasteiger partial charge in [0.15, 0.2) is 0 Å². The molecule has 14 aromatic rings. The molecule has 1 unspecified atom stereocenters. The van der Waals surface area contributed by atoms with Crippen LogP contribution in [0.5, 0.6) is 0 Å². The molecule has 0 aliphatic heterocycles. The summed E-state index contributed by atoms with van der Waals surface area (Å²) < 4.78 is 0. The Bertz CT molecular complexity index is 4920. The van der Waals surface area contributed by atoms with Crippen molar-refractivity contribution in [3.8, 4) is 33.4 Å². The minimum absolute atomic E-state index is 0.320. The molecule has 0 radical (unpaired) electrons. The van der Waals surface area contributed by atoms with E-state index in [0.717, 1.165) is 83.8 Å². The number of nitrogens with zero attached hydrogens (tertiary/aromatic N) is 2. The second-order valence-electron chi connectivity index (χ2n) is 28.3. The molecule has 0 bridgehead atoms. The number of unbranched alkanes of at least 4 members (excludes halogenated alkanes) is 8. The van der Waals surface area contributed by atoms with Gasteiger partial charge in [-0.05, 0) is 199 Å². The fourth-order valence-corrected chi connectivity index (χ4v) is 17.3. The van der Waals surface area contributed by atoms with Crippen LogP contribution in [0.4, 0.5) is 34.1 Å². The third-order valence-electron chi connectivity index (χ3n) is 22.4. The van der Waals surface area contributed by atoms with Crippen LogP contribution in [0.1, 0.15) is 133 Å². The quantitative estimate of drug-likeness (QED) is 0.0474. The van der Waals surface area contributed by atoms with E-state index in [1.807, 2.05) is 12.2 Å². The summed E-state index contributed by atoms with van der Waals surface area (Å²) in [5, 5.41) is 4.86. The fourth-order valence-electron chi connectivity index (χ4n) is 17.3. The lowest BCUT2D eigenvalue weighted by Crippen LogP contribution is -2.27. The van der Waals surface area contributed by atoms with Gasteiger partial charge in [-0.15, -0.1) is 0 Å². The fraction of sp³-hybridized carbons (Fsp3) is 0.160. The van der Waals surface area contributed by atoms with Gasteiger partial charge < -0.3 is 9.80 Å². The van der Waals surface area contributed by atoms with Gasteiger partial charge in [-0.1, -0.05) is 344 Å². The van der Waals surface area contributed by atoms with Crippen LogP contribution in [0.25, 0.3) is 67.1 Å². The molecule has 0 amide bonds. The summed E-state index contributed by atoms with van der Waals surface area (Å²) in [4.78, 5) is 5.02. The van der Waals surface area contributed by atoms with Crippen LogP contribution in [0.2, 0.25) is 0 Å². The molecule has 2 aliphatic carbocycles. The van der Waals surface area contributed by atoms with E-state index < -0.39 is 0 Å². The van der Waals surface area contributed by atoms with E-state index >= 15 is 0 Å². The minimum atomic E-state index is -0.320. The highest BCUT2D eigenvalue weighted by atomic mass is 15.1. The van der Waals surface area contributed by atoms with Crippen LogP contribution in [0.3, 0.4) is 0 Å². The maximum absolute atomic E-state index is 3.95. The monoisotopic (exact) mass is 1320 g/mol. The van der Waals surface area contributed by atoms with E-state index in [1.54, 1.807) is 0 Å². The zero-order chi connectivity index (χ0) is 68.7. The van der Waals surface area contributed by atoms with Gasteiger partial charge in [-0.25, -0.2) is 0 Å². The number of rotatable bonds is 27. The van der Waals surface area contributed by atoms with Crippen molar-refractivity contribution in [2.75, 3.05) is 9.80 Å². The minimum Gasteiger partial charge on any atom is -0.310 e. The van der Waals surface area contributed by atoms with Crippen LogP contribution < -0.4 is 9.80 Å². The van der Waals surface area contributed by atoms with Crippen LogP contribution in [-0.2, 0) is 23.7 Å². The van der Waals surface area contributed by atoms with Crippen LogP contribution in [0.15, 0.2) is 341 Å². The molecule has 2 heteroatoms. The standard InChI is InChI=1S/C100H88N2/c1-3-73-49-53-75(54-50-73)31-13-7-5-9-27-69-99(81-37-15-11-16-38-81)93-45-25-23-43-89(93)91-67-65-85(71-95(91)99)101(97-47-29-35-79-33-19-21-41-87(79)97)83-61-57-77(58-62-83)78-59-63-84(64-60-78)102(98-48-30-36-80-34-20-22-42-88(80)98)86-66-68-92-90-44-24-26-46-94(90)100(96(92)72-86,82-39-17-12-18-40-82)70-28-10-6-8-14-32-76-55-51-74(4-2)52-56-76/h3-4,11-12,15-26,29-30,33-68,71-72H,1-2,5-10,13-14,27-28,31-32,69-70H2/t99-,100?/m1/s1. The van der Waals surface area contributed by atoms with Crippen molar-refractivity contribution in [1.29, 1.82) is 0 Å². The highest BCUT2D eigenvalue weighted by Crippen LogP contribution is 2.59. The molecule has 498 valence electrons. The lowest BCUT2D eigenvalue weighted by molar-refractivity contribution is 0.507. The lowest BCUT2D eigenvalue weighted by Gasteiger charge is -2.34. The summed E-state index contributed by atoms with van der Waals surface area (Å²) in [5.41, 5.74) is 27.3. The molecule has 0 saturated heterocycles. The zero-order valence-corrected chi connectivity index (χ0v) is 58.5. The first-order valence-electron chi connectivity index (χ1n) is 37.3. The molecule has 2 atom stereocenters. The first-order chi connectivity index (χ1) is 50.5. The third kappa shape index (κ3) is 12.6. The highest BCUT2D eigenvalue weighted by molar-refractivity contribution is 6.01. The van der Waals surface area contributed by atoms with Crippen LogP contribution in [-0.4, -0.2) is 0 Å². The first-order valence-corrected chi connectivity index (χ1v) is 37.3. The van der Waals surface area contributed by atoms with Gasteiger partial charge in [-0.2, -0.15) is 0 Å². The summed E-state index contributed by atoms with van der Waals surface area (Å²) in [6.45, 7) is 7.89. The smallest absolute Gasteiger partial charge is 0.0540 e. The van der Waals surface area contributed by atoms with Gasteiger partial charge in [0.25, 0.3) is 0 Å². The van der Waals surface area contributed by atoms with E-state index in [1.165, 1.54) is 151 Å². The Morgan fingerprint density at radius 1 is 0.265 bits per heavy atom. The molecular formula is C100H88N2. The van der Waals surface area contributed by atoms with Gasteiger partial charge in [0.1, 0.15) is 0 Å². The largest absolute Gasteiger partial charge is 0.310 e. The molecule has 0 aromatic heterocycles. The van der Waals surface area contributed by atoms with Crippen molar-refractivity contribution in [1.82, 2.24) is 0 Å². The molecule has 14 aromatic carbocycles. The Morgan fingerprint density at radius 2 is 0.608 bits per heavy atom. The number of aryl methyl sites for hydroxylation is 2. The second kappa shape index (κ2) is 29.5. The average molecular weight is 1320 g/mol. The lowest BCUT2D eigenvalue weighted by atomic mass is 9.69. The molecule has 0 spiro atoms. The van der Waals surface area contributed by atoms with Gasteiger partial charge in [0, 0.05) is 44.4 Å². The number of hydrogen-bond acceptors (Lipinski definition) is 2. The molecule has 102 heavy (non-hydrogen) atoms. The van der Waals surface area contributed by atoms with Crippen molar-refractivity contribution in [2.24, 2.45) is 0 Å². The Kier molecular flexibility index (Phi) is 18.9. The summed E-state index contributed by atoms with van der Waals surface area (Å²) in [6, 6.07) is 124. The van der Waals surface area contributed by atoms with E-state index in [0.29, 0.717) is 0 Å². The molecule has 16 rings (SSSR count). The van der Waals surface area contributed by atoms with Crippen LogP contribution in [0, 0.1) is 0 Å². The Balaban J connectivity index is 0.724. The number of benzene rings is 14. The SMILES string of the molecule is C=Cc1ccc(CCCCCCCC2(c3ccccc3)c3ccccc3-c3ccc(N(c4ccc(-c5ccc(N(c6ccc7c(c6)[C@](CCCCCCCc6ccc(C=C)cc6)(c6ccccc6)c6ccccc6-7)c6cccc7ccccc67)cc5)cc4)c4cccc5ccccc45)cc32)cc1. The molecule has 0 fully saturated rings. The molecule has 0 heterocycles. The molecule has 2 aliphatic rings. The third-order valence-corrected chi connectivity index (χ3v) is 22.4. The van der Waals surface area contributed by atoms with E-state index in [9.17, 15) is 0 Å². The number of anilines is 6. The topological polar surface area (TPSA) is 6.48 Å². The van der Waals surface area contributed by atoms with Crippen molar-refractivity contribution >= 4 is 67.8 Å². The van der Waals surface area contributed by atoms with Gasteiger partial charge >= 0.3 is 0 Å². The van der Waals surface area contributed by atoms with Gasteiger partial charge in [-0.3, -0.25) is 0 Å². The summed E-state index contributed by atoms with van der Waals surface area (Å²) in [7, 11) is 0. The van der Waals surface area contributed by atoms with E-state index in [-0.39, 0.29) is 10.8 Å². The number of hydrogen-bond donors (Lipinski definition) is 0. The summed E-state index contributed by atoms with van der Waals surface area (Å²) >= 11 is 0. The molecule has 0 saturated carbocycles. The zero-order valence-electron chi connectivity index (χ0n) is 58.5. The van der Waals surface area contributed by atoms with Gasteiger partial charge in [0.2, 0.25) is 0 Å². The van der Waals surface area contributed by atoms with Crippen molar-refractivity contribution in [3.63, 3.8) is 0 Å². The number of fused-ring (bicyclic) bond motifs is 8. The second-order valence-corrected chi connectivity index (χ2v) is 28.3.